The molecular formula is C24H29NO4. The maximum atomic E-state index is 13.0. The molecule has 2 unspecified atom stereocenters. The second-order valence-corrected chi connectivity index (χ2v) is 7.93. The van der Waals surface area contributed by atoms with Gasteiger partial charge in [-0.1, -0.05) is 18.2 Å². The normalized spacial score (nSPS) is 20.3. The topological polar surface area (TPSA) is 48.0 Å². The molecular weight excluding hydrogens is 366 g/mol. The molecule has 2 aromatic rings. The number of rotatable bonds is 6. The van der Waals surface area contributed by atoms with E-state index in [1.807, 2.05) is 29.2 Å². The van der Waals surface area contributed by atoms with E-state index < -0.39 is 0 Å². The van der Waals surface area contributed by atoms with Gasteiger partial charge in [-0.15, -0.1) is 0 Å². The highest BCUT2D eigenvalue weighted by Crippen LogP contribution is 2.37. The average molecular weight is 395 g/mol. The van der Waals surface area contributed by atoms with Crippen molar-refractivity contribution < 1.29 is 19.0 Å². The lowest BCUT2D eigenvalue weighted by Gasteiger charge is -2.26. The van der Waals surface area contributed by atoms with Gasteiger partial charge < -0.3 is 19.1 Å². The summed E-state index contributed by atoms with van der Waals surface area (Å²) in [6.45, 7) is 2.90. The largest absolute Gasteiger partial charge is 0.493 e. The van der Waals surface area contributed by atoms with E-state index >= 15 is 0 Å². The van der Waals surface area contributed by atoms with E-state index in [2.05, 4.69) is 19.1 Å². The number of nitrogens with zero attached hydrogens (tertiary/aromatic N) is 1. The van der Waals surface area contributed by atoms with Crippen molar-refractivity contribution in [1.82, 2.24) is 4.90 Å². The first kappa shape index (κ1) is 19.6. The zero-order chi connectivity index (χ0) is 20.4. The van der Waals surface area contributed by atoms with Crippen molar-refractivity contribution in [3.05, 3.63) is 53.1 Å². The highest BCUT2D eigenvalue weighted by Gasteiger charge is 2.30. The molecule has 154 valence electrons. The van der Waals surface area contributed by atoms with Crippen LogP contribution in [0.1, 0.15) is 48.9 Å². The molecule has 1 amide bonds. The van der Waals surface area contributed by atoms with Crippen LogP contribution in [0.3, 0.4) is 0 Å². The van der Waals surface area contributed by atoms with E-state index in [9.17, 15) is 4.79 Å². The van der Waals surface area contributed by atoms with Crippen LogP contribution in [0.25, 0.3) is 0 Å². The molecule has 1 fully saturated rings. The lowest BCUT2D eigenvalue weighted by atomic mass is 10.0. The van der Waals surface area contributed by atoms with Crippen molar-refractivity contribution in [1.29, 1.82) is 0 Å². The van der Waals surface area contributed by atoms with Gasteiger partial charge in [-0.25, -0.2) is 0 Å². The predicted molar refractivity (Wildman–Crippen MR) is 112 cm³/mol. The smallest absolute Gasteiger partial charge is 0.223 e. The number of ether oxygens (including phenoxy) is 3. The maximum absolute atomic E-state index is 13.0. The summed E-state index contributed by atoms with van der Waals surface area (Å²) >= 11 is 0. The first-order valence-electron chi connectivity index (χ1n) is 10.4. The summed E-state index contributed by atoms with van der Waals surface area (Å²) < 4.78 is 16.6. The van der Waals surface area contributed by atoms with Crippen molar-refractivity contribution in [2.24, 2.45) is 0 Å². The second kappa shape index (κ2) is 8.36. The Bertz CT molecular complexity index is 894. The molecule has 0 N–H and O–H groups in total. The molecule has 2 aliphatic rings. The van der Waals surface area contributed by atoms with Crippen LogP contribution in [-0.2, 0) is 17.6 Å². The van der Waals surface area contributed by atoms with Gasteiger partial charge in [-0.3, -0.25) is 4.79 Å². The molecule has 5 nitrogen and oxygen atoms in total. The molecule has 2 aliphatic heterocycles. The fourth-order valence-electron chi connectivity index (χ4n) is 4.50. The summed E-state index contributed by atoms with van der Waals surface area (Å²) in [5.41, 5.74) is 3.57. The number of hydrogen-bond donors (Lipinski definition) is 0. The first-order valence-corrected chi connectivity index (χ1v) is 10.4. The Balaban J connectivity index is 1.43. The minimum absolute atomic E-state index is 0.108. The van der Waals surface area contributed by atoms with Gasteiger partial charge in [-0.05, 0) is 61.1 Å². The number of benzene rings is 2. The lowest BCUT2D eigenvalue weighted by molar-refractivity contribution is -0.132. The zero-order valence-corrected chi connectivity index (χ0v) is 17.4. The van der Waals surface area contributed by atoms with Gasteiger partial charge in [0.05, 0.1) is 20.3 Å². The summed E-state index contributed by atoms with van der Waals surface area (Å²) in [5.74, 6) is 2.62. The van der Waals surface area contributed by atoms with Gasteiger partial charge in [0.15, 0.2) is 11.5 Å². The van der Waals surface area contributed by atoms with Gasteiger partial charge in [0.25, 0.3) is 0 Å². The summed E-state index contributed by atoms with van der Waals surface area (Å²) in [5, 5.41) is 0. The van der Waals surface area contributed by atoms with Crippen LogP contribution in [0, 0.1) is 0 Å². The maximum Gasteiger partial charge on any atom is 0.223 e. The monoisotopic (exact) mass is 395 g/mol. The third-order valence-corrected chi connectivity index (χ3v) is 5.95. The van der Waals surface area contributed by atoms with E-state index in [1.54, 1.807) is 14.2 Å². The summed E-state index contributed by atoms with van der Waals surface area (Å²) in [7, 11) is 3.27. The van der Waals surface area contributed by atoms with Crippen LogP contribution in [0.4, 0.5) is 0 Å². The van der Waals surface area contributed by atoms with Gasteiger partial charge in [0, 0.05) is 19.4 Å². The number of aryl methyl sites for hydroxylation is 1. The fourth-order valence-corrected chi connectivity index (χ4v) is 4.50. The van der Waals surface area contributed by atoms with E-state index in [-0.39, 0.29) is 18.1 Å². The highest BCUT2D eigenvalue weighted by molar-refractivity contribution is 5.77. The molecule has 0 bridgehead atoms. The van der Waals surface area contributed by atoms with E-state index in [4.69, 9.17) is 14.2 Å². The number of fused-ring (bicyclic) bond motifs is 1. The molecule has 2 atom stereocenters. The Labute approximate surface area is 172 Å². The molecule has 29 heavy (non-hydrogen) atoms. The minimum Gasteiger partial charge on any atom is -0.493 e. The number of carbonyl (C=O) groups excluding carboxylic acids is 1. The number of amides is 1. The third kappa shape index (κ3) is 4.04. The lowest BCUT2D eigenvalue weighted by Crippen LogP contribution is -2.30. The Kier molecular flexibility index (Phi) is 5.65. The van der Waals surface area contributed by atoms with Crippen molar-refractivity contribution >= 4 is 5.91 Å². The van der Waals surface area contributed by atoms with Crippen molar-refractivity contribution in [3.8, 4) is 17.2 Å². The molecule has 0 radical (unpaired) electrons. The van der Waals surface area contributed by atoms with E-state index in [0.29, 0.717) is 17.9 Å². The quantitative estimate of drug-likeness (QED) is 0.731. The Morgan fingerprint density at radius 1 is 1.14 bits per heavy atom. The van der Waals surface area contributed by atoms with E-state index in [0.717, 1.165) is 43.5 Å². The zero-order valence-electron chi connectivity index (χ0n) is 17.4. The third-order valence-electron chi connectivity index (χ3n) is 5.95. The van der Waals surface area contributed by atoms with Crippen LogP contribution >= 0.6 is 0 Å². The Hall–Kier alpha value is -2.69. The van der Waals surface area contributed by atoms with Crippen molar-refractivity contribution in [3.63, 3.8) is 0 Å². The van der Waals surface area contributed by atoms with Crippen LogP contribution in [0.15, 0.2) is 36.4 Å². The van der Waals surface area contributed by atoms with Gasteiger partial charge >= 0.3 is 0 Å². The highest BCUT2D eigenvalue weighted by atomic mass is 16.5. The predicted octanol–water partition coefficient (Wildman–Crippen LogP) is 4.32. The SMILES string of the molecule is COc1ccc(C2CCCN2C(=O)CCc2ccc3c(c2)CC(C)O3)cc1OC. The molecule has 2 heterocycles. The second-order valence-electron chi connectivity index (χ2n) is 7.93. The van der Waals surface area contributed by atoms with Crippen molar-refractivity contribution in [2.45, 2.75) is 51.2 Å². The number of carbonyl (C=O) groups is 1. The van der Waals surface area contributed by atoms with Crippen LogP contribution in [0.2, 0.25) is 0 Å². The minimum atomic E-state index is 0.108. The van der Waals surface area contributed by atoms with Gasteiger partial charge in [0.2, 0.25) is 5.91 Å². The Morgan fingerprint density at radius 2 is 1.97 bits per heavy atom. The summed E-state index contributed by atoms with van der Waals surface area (Å²) in [6.07, 6.45) is 4.49. The number of likely N-dealkylation sites (tertiary alicyclic amines) is 1. The molecule has 4 rings (SSSR count). The fraction of sp³-hybridized carbons (Fsp3) is 0.458. The molecule has 2 aromatic carbocycles. The number of methoxy groups -OCH3 is 2. The van der Waals surface area contributed by atoms with Crippen LogP contribution in [-0.4, -0.2) is 37.7 Å². The van der Waals surface area contributed by atoms with E-state index in [1.165, 1.54) is 11.1 Å². The standard InChI is InChI=1S/C24H29NO4/c1-16-13-19-14-17(6-9-21(19)29-16)7-11-24(26)25-12-4-5-20(25)18-8-10-22(27-2)23(15-18)28-3/h6,8-10,14-16,20H,4-5,7,11-13H2,1-3H3. The summed E-state index contributed by atoms with van der Waals surface area (Å²) in [4.78, 5) is 15.0. The van der Waals surface area contributed by atoms with Crippen molar-refractivity contribution in [2.75, 3.05) is 20.8 Å². The number of hydrogen-bond acceptors (Lipinski definition) is 4. The van der Waals surface area contributed by atoms with Crippen LogP contribution < -0.4 is 14.2 Å². The average Bonchev–Trinajstić information content (AvgIpc) is 3.36. The first-order chi connectivity index (χ1) is 14.1. The molecule has 0 saturated carbocycles. The van der Waals surface area contributed by atoms with Gasteiger partial charge in [-0.2, -0.15) is 0 Å². The Morgan fingerprint density at radius 3 is 2.76 bits per heavy atom. The van der Waals surface area contributed by atoms with Gasteiger partial charge in [0.1, 0.15) is 11.9 Å². The molecule has 5 heteroatoms. The molecule has 0 aromatic heterocycles. The molecule has 0 aliphatic carbocycles. The molecule has 0 spiro atoms. The van der Waals surface area contributed by atoms with Crippen LogP contribution in [0.5, 0.6) is 17.2 Å². The molecule has 1 saturated heterocycles. The summed E-state index contributed by atoms with van der Waals surface area (Å²) in [6, 6.07) is 12.4.